The van der Waals surface area contributed by atoms with Crippen LogP contribution in [0.2, 0.25) is 0 Å². The maximum absolute atomic E-state index is 12.5. The maximum Gasteiger partial charge on any atom is 0.318 e. The van der Waals surface area contributed by atoms with Gasteiger partial charge in [0.2, 0.25) is 10.0 Å². The summed E-state index contributed by atoms with van der Waals surface area (Å²) in [5.41, 5.74) is 0. The van der Waals surface area contributed by atoms with Gasteiger partial charge in [0.1, 0.15) is 6.54 Å². The Hall–Kier alpha value is -1.45. The fourth-order valence-electron chi connectivity index (χ4n) is 2.27. The first-order chi connectivity index (χ1) is 9.72. The Morgan fingerprint density at radius 2 is 1.90 bits per heavy atom. The third-order valence-corrected chi connectivity index (χ3v) is 6.92. The summed E-state index contributed by atoms with van der Waals surface area (Å²) < 4.78 is 48.9. The van der Waals surface area contributed by atoms with Crippen molar-refractivity contribution in [2.45, 2.75) is 17.4 Å². The smallest absolute Gasteiger partial charge is 0.318 e. The van der Waals surface area contributed by atoms with Crippen LogP contribution in [0.15, 0.2) is 35.2 Å². The van der Waals surface area contributed by atoms with Crippen molar-refractivity contribution in [2.75, 3.05) is 18.1 Å². The number of carboxylic acid groups (broad SMARTS) is 1. The van der Waals surface area contributed by atoms with Crippen molar-refractivity contribution >= 4 is 25.8 Å². The Balaban J connectivity index is 2.39. The molecule has 1 aliphatic rings. The standard InChI is InChI=1S/C12H15NO6S2/c14-12(15)8-13(10-6-7-20(16,17)9-10)21(18,19)11-4-2-1-3-5-11/h1-5,10H,6-9H2,(H,14,15)/t10-/m0/s1. The third-order valence-electron chi connectivity index (χ3n) is 3.26. The number of benzene rings is 1. The Morgan fingerprint density at radius 1 is 1.29 bits per heavy atom. The highest BCUT2D eigenvalue weighted by molar-refractivity contribution is 7.92. The van der Waals surface area contributed by atoms with Crippen LogP contribution in [0.25, 0.3) is 0 Å². The lowest BCUT2D eigenvalue weighted by atomic mass is 10.2. The highest BCUT2D eigenvalue weighted by Gasteiger charge is 2.39. The van der Waals surface area contributed by atoms with E-state index in [9.17, 15) is 21.6 Å². The molecule has 21 heavy (non-hydrogen) atoms. The summed E-state index contributed by atoms with van der Waals surface area (Å²) in [5, 5.41) is 8.93. The molecule has 0 radical (unpaired) electrons. The predicted octanol–water partition coefficient (Wildman–Crippen LogP) is -0.0510. The molecule has 7 nitrogen and oxygen atoms in total. The lowest BCUT2D eigenvalue weighted by Gasteiger charge is -2.25. The molecule has 9 heteroatoms. The molecule has 0 saturated carbocycles. The number of sulfonamides is 1. The molecule has 1 aromatic rings. The molecular weight excluding hydrogens is 318 g/mol. The molecule has 0 unspecified atom stereocenters. The fourth-order valence-corrected chi connectivity index (χ4v) is 5.72. The van der Waals surface area contributed by atoms with Crippen molar-refractivity contribution < 1.29 is 26.7 Å². The van der Waals surface area contributed by atoms with Gasteiger partial charge in [-0.2, -0.15) is 4.31 Å². The van der Waals surface area contributed by atoms with E-state index in [0.29, 0.717) is 0 Å². The van der Waals surface area contributed by atoms with Gasteiger partial charge in [0, 0.05) is 6.04 Å². The quantitative estimate of drug-likeness (QED) is 0.809. The third kappa shape index (κ3) is 3.60. The number of nitrogens with zero attached hydrogens (tertiary/aromatic N) is 1. The lowest BCUT2D eigenvalue weighted by Crippen LogP contribution is -2.44. The molecular formula is C12H15NO6S2. The number of aliphatic carboxylic acids is 1. The van der Waals surface area contributed by atoms with E-state index < -0.39 is 38.4 Å². The van der Waals surface area contributed by atoms with Crippen LogP contribution in [0.4, 0.5) is 0 Å². The molecule has 116 valence electrons. The number of carbonyl (C=O) groups is 1. The molecule has 1 fully saturated rings. The minimum Gasteiger partial charge on any atom is -0.480 e. The summed E-state index contributed by atoms with van der Waals surface area (Å²) in [5.74, 6) is -1.79. The molecule has 0 spiro atoms. The summed E-state index contributed by atoms with van der Waals surface area (Å²) >= 11 is 0. The average Bonchev–Trinajstić information content (AvgIpc) is 2.76. The lowest BCUT2D eigenvalue weighted by molar-refractivity contribution is -0.137. The van der Waals surface area contributed by atoms with Gasteiger partial charge >= 0.3 is 5.97 Å². The number of rotatable bonds is 5. The SMILES string of the molecule is O=C(O)CN([C@H]1CCS(=O)(=O)C1)S(=O)(=O)c1ccccc1. The van der Waals surface area contributed by atoms with Gasteiger partial charge in [0.05, 0.1) is 16.4 Å². The minimum absolute atomic E-state index is 0.0458. The zero-order chi connectivity index (χ0) is 15.7. The van der Waals surface area contributed by atoms with Crippen LogP contribution in [-0.4, -0.2) is 56.3 Å². The summed E-state index contributed by atoms with van der Waals surface area (Å²) in [6.07, 6.45) is 0.113. The Bertz CT molecular complexity index is 726. The summed E-state index contributed by atoms with van der Waals surface area (Å²) in [7, 11) is -7.36. The molecule has 1 atom stereocenters. The number of hydrogen-bond donors (Lipinski definition) is 1. The zero-order valence-corrected chi connectivity index (χ0v) is 12.7. The van der Waals surface area contributed by atoms with Crippen molar-refractivity contribution in [3.8, 4) is 0 Å². The molecule has 2 rings (SSSR count). The van der Waals surface area contributed by atoms with Gasteiger partial charge in [-0.25, -0.2) is 16.8 Å². The molecule has 1 N–H and O–H groups in total. The van der Waals surface area contributed by atoms with E-state index in [1.54, 1.807) is 6.07 Å². The van der Waals surface area contributed by atoms with Gasteiger partial charge in [-0.15, -0.1) is 0 Å². The van der Waals surface area contributed by atoms with Gasteiger partial charge in [-0.05, 0) is 18.6 Å². The first-order valence-corrected chi connectivity index (χ1v) is 9.48. The van der Waals surface area contributed by atoms with Crippen molar-refractivity contribution in [3.63, 3.8) is 0 Å². The minimum atomic E-state index is -4.04. The summed E-state index contributed by atoms with van der Waals surface area (Å²) in [4.78, 5) is 10.9. The van der Waals surface area contributed by atoms with Gasteiger partial charge in [-0.3, -0.25) is 4.79 Å². The summed E-state index contributed by atoms with van der Waals surface area (Å²) in [6.45, 7) is -0.753. The van der Waals surface area contributed by atoms with E-state index in [-0.39, 0.29) is 22.8 Å². The second kappa shape index (κ2) is 5.74. The average molecular weight is 333 g/mol. The molecule has 1 aliphatic heterocycles. The van der Waals surface area contributed by atoms with E-state index >= 15 is 0 Å². The highest BCUT2D eigenvalue weighted by Crippen LogP contribution is 2.24. The van der Waals surface area contributed by atoms with E-state index in [4.69, 9.17) is 5.11 Å². The predicted molar refractivity (Wildman–Crippen MR) is 75.0 cm³/mol. The van der Waals surface area contributed by atoms with Crippen LogP contribution in [0.5, 0.6) is 0 Å². The van der Waals surface area contributed by atoms with Crippen LogP contribution < -0.4 is 0 Å². The van der Waals surface area contributed by atoms with Gasteiger partial charge in [0.25, 0.3) is 0 Å². The topological polar surface area (TPSA) is 109 Å². The molecule has 0 bridgehead atoms. The highest BCUT2D eigenvalue weighted by atomic mass is 32.2. The van der Waals surface area contributed by atoms with Crippen LogP contribution in [0, 0.1) is 0 Å². The second-order valence-electron chi connectivity index (χ2n) is 4.81. The van der Waals surface area contributed by atoms with Crippen LogP contribution in [-0.2, 0) is 24.7 Å². The molecule has 0 aromatic heterocycles. The Labute approximate surface area is 123 Å². The van der Waals surface area contributed by atoms with Crippen molar-refractivity contribution in [3.05, 3.63) is 30.3 Å². The van der Waals surface area contributed by atoms with Crippen LogP contribution >= 0.6 is 0 Å². The Morgan fingerprint density at radius 3 is 2.38 bits per heavy atom. The number of hydrogen-bond acceptors (Lipinski definition) is 5. The summed E-state index contributed by atoms with van der Waals surface area (Å²) in [6, 6.07) is 6.56. The molecule has 0 amide bonds. The van der Waals surface area contributed by atoms with Crippen molar-refractivity contribution in [2.24, 2.45) is 0 Å². The van der Waals surface area contributed by atoms with E-state index in [0.717, 1.165) is 4.31 Å². The first kappa shape index (κ1) is 15.9. The van der Waals surface area contributed by atoms with Crippen LogP contribution in [0.3, 0.4) is 0 Å². The maximum atomic E-state index is 12.5. The van der Waals surface area contributed by atoms with E-state index in [1.165, 1.54) is 24.3 Å². The van der Waals surface area contributed by atoms with E-state index in [2.05, 4.69) is 0 Å². The van der Waals surface area contributed by atoms with Gasteiger partial charge in [0.15, 0.2) is 9.84 Å². The number of carboxylic acids is 1. The van der Waals surface area contributed by atoms with Crippen molar-refractivity contribution in [1.29, 1.82) is 0 Å². The fraction of sp³-hybridized carbons (Fsp3) is 0.417. The molecule has 1 saturated heterocycles. The Kier molecular flexibility index (Phi) is 4.35. The van der Waals surface area contributed by atoms with Crippen molar-refractivity contribution in [1.82, 2.24) is 4.31 Å². The van der Waals surface area contributed by atoms with E-state index in [1.807, 2.05) is 0 Å². The number of sulfone groups is 1. The normalized spacial score (nSPS) is 21.5. The zero-order valence-electron chi connectivity index (χ0n) is 11.0. The van der Waals surface area contributed by atoms with Gasteiger partial charge in [-0.1, -0.05) is 18.2 Å². The molecule has 1 heterocycles. The largest absolute Gasteiger partial charge is 0.480 e. The first-order valence-electron chi connectivity index (χ1n) is 6.21. The van der Waals surface area contributed by atoms with Gasteiger partial charge < -0.3 is 5.11 Å². The molecule has 0 aliphatic carbocycles. The monoisotopic (exact) mass is 333 g/mol. The molecule has 1 aromatic carbocycles. The second-order valence-corrected chi connectivity index (χ2v) is 8.93. The van der Waals surface area contributed by atoms with Crippen LogP contribution in [0.1, 0.15) is 6.42 Å².